The van der Waals surface area contributed by atoms with Gasteiger partial charge in [-0.2, -0.15) is 0 Å². The quantitative estimate of drug-likeness (QED) is 0.791. The molecule has 112 valence electrons. The van der Waals surface area contributed by atoms with E-state index in [4.69, 9.17) is 0 Å². The summed E-state index contributed by atoms with van der Waals surface area (Å²) in [6.45, 7) is 6.61. The lowest BCUT2D eigenvalue weighted by molar-refractivity contribution is -0.140. The Bertz CT molecular complexity index is 547. The van der Waals surface area contributed by atoms with Crippen LogP contribution >= 0.6 is 0 Å². The van der Waals surface area contributed by atoms with E-state index in [1.807, 2.05) is 6.92 Å². The number of hydrogen-bond acceptors (Lipinski definition) is 2. The summed E-state index contributed by atoms with van der Waals surface area (Å²) in [6.07, 6.45) is 3.03. The smallest absolute Gasteiger partial charge is 0.322 e. The lowest BCUT2D eigenvalue weighted by Crippen LogP contribution is -2.34. The van der Waals surface area contributed by atoms with Crippen molar-refractivity contribution in [2.24, 2.45) is 0 Å². The molecule has 2 rings (SSSR count). The number of urea groups is 1. The van der Waals surface area contributed by atoms with Gasteiger partial charge in [0, 0.05) is 18.8 Å². The Morgan fingerprint density at radius 2 is 2.00 bits per heavy atom. The third-order valence-electron chi connectivity index (χ3n) is 3.87. The Kier molecular flexibility index (Phi) is 4.31. The number of amides is 2. The van der Waals surface area contributed by atoms with Crippen LogP contribution in [0, 0.1) is 0 Å². The number of benzene rings is 1. The summed E-state index contributed by atoms with van der Waals surface area (Å²) < 4.78 is 0. The second kappa shape index (κ2) is 5.99. The lowest BCUT2D eigenvalue weighted by Gasteiger charge is -2.19. The first-order valence-electron chi connectivity index (χ1n) is 7.04. The van der Waals surface area contributed by atoms with Crippen LogP contribution in [0.25, 0.3) is 0 Å². The summed E-state index contributed by atoms with van der Waals surface area (Å²) >= 11 is 0. The Hall–Kier alpha value is -2.30. The zero-order chi connectivity index (χ0) is 15.5. The Morgan fingerprint density at radius 1 is 1.38 bits per heavy atom. The average Bonchev–Trinajstić information content (AvgIpc) is 3.27. The van der Waals surface area contributed by atoms with Gasteiger partial charge in [-0.05, 0) is 37.5 Å². The van der Waals surface area contributed by atoms with Crippen LogP contribution in [0.15, 0.2) is 36.9 Å². The van der Waals surface area contributed by atoms with Gasteiger partial charge in [-0.15, -0.1) is 6.58 Å². The Balaban J connectivity index is 2.04. The van der Waals surface area contributed by atoms with Gasteiger partial charge in [0.05, 0.1) is 5.41 Å². The number of carboxylic acids is 1. The number of likely N-dealkylation sites (N-methyl/N-ethyl adjacent to an activating group) is 1. The molecule has 0 saturated heterocycles. The molecule has 0 aromatic heterocycles. The number of carbonyl (C=O) groups is 2. The maximum absolute atomic E-state index is 12.0. The molecule has 0 heterocycles. The molecule has 1 saturated carbocycles. The molecule has 0 bridgehead atoms. The van der Waals surface area contributed by atoms with Crippen molar-refractivity contribution in [3.63, 3.8) is 0 Å². The van der Waals surface area contributed by atoms with Crippen LogP contribution < -0.4 is 5.32 Å². The minimum absolute atomic E-state index is 0.190. The summed E-state index contributed by atoms with van der Waals surface area (Å²) in [7, 11) is 0. The van der Waals surface area contributed by atoms with E-state index in [1.165, 1.54) is 0 Å². The molecule has 21 heavy (non-hydrogen) atoms. The van der Waals surface area contributed by atoms with Crippen molar-refractivity contribution in [3.8, 4) is 0 Å². The number of rotatable bonds is 6. The van der Waals surface area contributed by atoms with Gasteiger partial charge in [-0.3, -0.25) is 4.79 Å². The molecule has 1 aliphatic rings. The van der Waals surface area contributed by atoms with E-state index in [2.05, 4.69) is 11.9 Å². The van der Waals surface area contributed by atoms with E-state index in [-0.39, 0.29) is 6.03 Å². The van der Waals surface area contributed by atoms with Gasteiger partial charge in [0.15, 0.2) is 0 Å². The molecule has 2 amide bonds. The number of aliphatic carboxylic acids is 1. The molecule has 5 nitrogen and oxygen atoms in total. The molecular formula is C16H20N2O3. The SMILES string of the molecule is C=CCN(CC)C(=O)Nc1ccc(C2(C(=O)O)CC2)cc1. The second-order valence-corrected chi connectivity index (χ2v) is 5.22. The lowest BCUT2D eigenvalue weighted by atomic mass is 9.96. The fraction of sp³-hybridized carbons (Fsp3) is 0.375. The van der Waals surface area contributed by atoms with Crippen LogP contribution in [0.4, 0.5) is 10.5 Å². The maximum atomic E-state index is 12.0. The van der Waals surface area contributed by atoms with Gasteiger partial charge < -0.3 is 15.3 Å². The van der Waals surface area contributed by atoms with Gasteiger partial charge in [0.1, 0.15) is 0 Å². The minimum atomic E-state index is -0.776. The first-order valence-corrected chi connectivity index (χ1v) is 7.04. The van der Waals surface area contributed by atoms with Gasteiger partial charge in [0.2, 0.25) is 0 Å². The average molecular weight is 288 g/mol. The largest absolute Gasteiger partial charge is 0.481 e. The van der Waals surface area contributed by atoms with Crippen LogP contribution in [0.2, 0.25) is 0 Å². The zero-order valence-electron chi connectivity index (χ0n) is 12.1. The molecule has 0 aliphatic heterocycles. The summed E-state index contributed by atoms with van der Waals surface area (Å²) in [5, 5.41) is 12.0. The topological polar surface area (TPSA) is 69.6 Å². The van der Waals surface area contributed by atoms with Crippen molar-refractivity contribution in [2.45, 2.75) is 25.2 Å². The van der Waals surface area contributed by atoms with Crippen molar-refractivity contribution in [3.05, 3.63) is 42.5 Å². The van der Waals surface area contributed by atoms with Crippen molar-refractivity contribution in [1.82, 2.24) is 4.90 Å². The standard InChI is InChI=1S/C16H20N2O3/c1-3-11-18(4-2)15(21)17-13-7-5-12(6-8-13)16(9-10-16)14(19)20/h3,5-8H,1,4,9-11H2,2H3,(H,17,21)(H,19,20). The van der Waals surface area contributed by atoms with E-state index >= 15 is 0 Å². The fourth-order valence-electron chi connectivity index (χ4n) is 2.34. The summed E-state index contributed by atoms with van der Waals surface area (Å²) in [5.74, 6) is -0.776. The van der Waals surface area contributed by atoms with E-state index in [9.17, 15) is 14.7 Å². The maximum Gasteiger partial charge on any atom is 0.322 e. The molecule has 1 aliphatic carbocycles. The van der Waals surface area contributed by atoms with Crippen molar-refractivity contribution < 1.29 is 14.7 Å². The first-order chi connectivity index (χ1) is 10.0. The van der Waals surface area contributed by atoms with E-state index in [0.717, 1.165) is 5.56 Å². The molecule has 1 fully saturated rings. The van der Waals surface area contributed by atoms with Crippen molar-refractivity contribution in [2.75, 3.05) is 18.4 Å². The molecule has 5 heteroatoms. The highest BCUT2D eigenvalue weighted by atomic mass is 16.4. The number of carboxylic acid groups (broad SMARTS) is 1. The van der Waals surface area contributed by atoms with Crippen LogP contribution in [0.5, 0.6) is 0 Å². The Morgan fingerprint density at radius 3 is 2.43 bits per heavy atom. The number of hydrogen-bond donors (Lipinski definition) is 2. The highest BCUT2D eigenvalue weighted by molar-refractivity contribution is 5.90. The van der Waals surface area contributed by atoms with Gasteiger partial charge in [-0.1, -0.05) is 18.2 Å². The fourth-order valence-corrected chi connectivity index (χ4v) is 2.34. The predicted octanol–water partition coefficient (Wildman–Crippen LogP) is 2.84. The highest BCUT2D eigenvalue weighted by Crippen LogP contribution is 2.48. The number of anilines is 1. The van der Waals surface area contributed by atoms with Gasteiger partial charge in [0.25, 0.3) is 0 Å². The van der Waals surface area contributed by atoms with Gasteiger partial charge >= 0.3 is 12.0 Å². The van der Waals surface area contributed by atoms with E-state index in [1.54, 1.807) is 35.2 Å². The Labute approximate surface area is 124 Å². The van der Waals surface area contributed by atoms with Crippen molar-refractivity contribution in [1.29, 1.82) is 0 Å². The zero-order valence-corrected chi connectivity index (χ0v) is 12.1. The molecule has 1 aromatic rings. The molecule has 0 unspecified atom stereocenters. The molecule has 1 aromatic carbocycles. The number of nitrogens with one attached hydrogen (secondary N) is 1. The predicted molar refractivity (Wildman–Crippen MR) is 81.5 cm³/mol. The van der Waals surface area contributed by atoms with Crippen LogP contribution in [-0.4, -0.2) is 35.1 Å². The van der Waals surface area contributed by atoms with Crippen LogP contribution in [0.1, 0.15) is 25.3 Å². The third kappa shape index (κ3) is 3.07. The number of carbonyl (C=O) groups excluding carboxylic acids is 1. The molecule has 0 atom stereocenters. The molecule has 0 radical (unpaired) electrons. The molecule has 0 spiro atoms. The molecular weight excluding hydrogens is 268 g/mol. The summed E-state index contributed by atoms with van der Waals surface area (Å²) in [6, 6.07) is 6.86. The first kappa shape index (κ1) is 15.1. The monoisotopic (exact) mass is 288 g/mol. The summed E-state index contributed by atoms with van der Waals surface area (Å²) in [5.41, 5.74) is 0.750. The normalized spacial score (nSPS) is 15.1. The van der Waals surface area contributed by atoms with E-state index in [0.29, 0.717) is 31.6 Å². The van der Waals surface area contributed by atoms with Crippen LogP contribution in [0.3, 0.4) is 0 Å². The third-order valence-corrected chi connectivity index (χ3v) is 3.87. The number of nitrogens with zero attached hydrogens (tertiary/aromatic N) is 1. The van der Waals surface area contributed by atoms with Crippen molar-refractivity contribution >= 4 is 17.7 Å². The minimum Gasteiger partial charge on any atom is -0.481 e. The second-order valence-electron chi connectivity index (χ2n) is 5.22. The van der Waals surface area contributed by atoms with Crippen LogP contribution in [-0.2, 0) is 10.2 Å². The highest BCUT2D eigenvalue weighted by Gasteiger charge is 2.51. The molecule has 2 N–H and O–H groups in total. The van der Waals surface area contributed by atoms with Gasteiger partial charge in [-0.25, -0.2) is 4.79 Å². The van der Waals surface area contributed by atoms with E-state index < -0.39 is 11.4 Å². The summed E-state index contributed by atoms with van der Waals surface area (Å²) in [4.78, 5) is 24.9.